The van der Waals surface area contributed by atoms with E-state index in [1.807, 2.05) is 20.8 Å². The third-order valence-electron chi connectivity index (χ3n) is 4.34. The predicted octanol–water partition coefficient (Wildman–Crippen LogP) is 3.71. The molecule has 1 aliphatic carbocycles. The van der Waals surface area contributed by atoms with Crippen molar-refractivity contribution >= 4 is 5.91 Å². The maximum atomic E-state index is 13.1. The molecule has 25 heavy (non-hydrogen) atoms. The molecule has 0 radical (unpaired) electrons. The standard InChI is InChI=1S/C19H24FN3O2/c1-19(2,3)18-22-16(25-23-18)11-10-15(24)21-17(12-4-5-12)13-6-8-14(20)9-7-13/h6-9,12,17H,4-5,10-11H2,1-3H3,(H,21,24). The third-order valence-corrected chi connectivity index (χ3v) is 4.34. The Kier molecular flexibility index (Phi) is 4.88. The van der Waals surface area contributed by atoms with Crippen molar-refractivity contribution in [2.75, 3.05) is 0 Å². The summed E-state index contributed by atoms with van der Waals surface area (Å²) in [5.41, 5.74) is 0.772. The van der Waals surface area contributed by atoms with Gasteiger partial charge in [-0.3, -0.25) is 4.79 Å². The molecule has 0 aliphatic heterocycles. The number of rotatable bonds is 6. The minimum absolute atomic E-state index is 0.0547. The summed E-state index contributed by atoms with van der Waals surface area (Å²) >= 11 is 0. The zero-order valence-electron chi connectivity index (χ0n) is 14.9. The molecule has 1 N–H and O–H groups in total. The average Bonchev–Trinajstić information content (AvgIpc) is 3.27. The zero-order valence-corrected chi connectivity index (χ0v) is 14.9. The second-order valence-corrected chi connectivity index (χ2v) is 7.70. The summed E-state index contributed by atoms with van der Waals surface area (Å²) in [6, 6.07) is 6.30. The van der Waals surface area contributed by atoms with Gasteiger partial charge in [-0.1, -0.05) is 38.1 Å². The molecule has 6 heteroatoms. The lowest BCUT2D eigenvalue weighted by Crippen LogP contribution is -2.30. The maximum Gasteiger partial charge on any atom is 0.227 e. The fourth-order valence-corrected chi connectivity index (χ4v) is 2.70. The molecule has 1 aromatic carbocycles. The van der Waals surface area contributed by atoms with E-state index in [1.54, 1.807) is 12.1 Å². The lowest BCUT2D eigenvalue weighted by Gasteiger charge is -2.18. The molecule has 1 atom stereocenters. The first-order valence-electron chi connectivity index (χ1n) is 8.71. The Labute approximate surface area is 147 Å². The number of hydrogen-bond donors (Lipinski definition) is 1. The Hall–Kier alpha value is -2.24. The van der Waals surface area contributed by atoms with Crippen molar-refractivity contribution in [3.8, 4) is 0 Å². The molecule has 1 aromatic heterocycles. The number of hydrogen-bond acceptors (Lipinski definition) is 4. The van der Waals surface area contributed by atoms with Crippen LogP contribution in [0.5, 0.6) is 0 Å². The quantitative estimate of drug-likeness (QED) is 0.867. The molecule has 1 unspecified atom stereocenters. The van der Waals surface area contributed by atoms with Gasteiger partial charge in [0.2, 0.25) is 11.8 Å². The number of aromatic nitrogens is 2. The lowest BCUT2D eigenvalue weighted by molar-refractivity contribution is -0.122. The minimum Gasteiger partial charge on any atom is -0.349 e. The molecule has 1 saturated carbocycles. The third kappa shape index (κ3) is 4.65. The fraction of sp³-hybridized carbons (Fsp3) is 0.526. The first-order valence-corrected chi connectivity index (χ1v) is 8.71. The fourth-order valence-electron chi connectivity index (χ4n) is 2.70. The number of nitrogens with one attached hydrogen (secondary N) is 1. The number of halogens is 1. The van der Waals surface area contributed by atoms with Crippen LogP contribution < -0.4 is 5.32 Å². The van der Waals surface area contributed by atoms with Crippen LogP contribution in [0.3, 0.4) is 0 Å². The van der Waals surface area contributed by atoms with E-state index >= 15 is 0 Å². The molecule has 1 fully saturated rings. The van der Waals surface area contributed by atoms with E-state index < -0.39 is 0 Å². The summed E-state index contributed by atoms with van der Waals surface area (Å²) in [6.45, 7) is 6.03. The van der Waals surface area contributed by atoms with E-state index in [0.717, 1.165) is 18.4 Å². The first kappa shape index (κ1) is 17.6. The Morgan fingerprint density at radius 1 is 1.32 bits per heavy atom. The van der Waals surface area contributed by atoms with Gasteiger partial charge < -0.3 is 9.84 Å². The predicted molar refractivity (Wildman–Crippen MR) is 91.3 cm³/mol. The average molecular weight is 345 g/mol. The number of carbonyl (C=O) groups is 1. The highest BCUT2D eigenvalue weighted by molar-refractivity contribution is 5.76. The number of amides is 1. The largest absolute Gasteiger partial charge is 0.349 e. The summed E-state index contributed by atoms with van der Waals surface area (Å²) in [7, 11) is 0. The Morgan fingerprint density at radius 3 is 2.56 bits per heavy atom. The van der Waals surface area contributed by atoms with Gasteiger partial charge in [-0.2, -0.15) is 4.98 Å². The van der Waals surface area contributed by atoms with Crippen molar-refractivity contribution < 1.29 is 13.7 Å². The molecule has 2 aromatic rings. The number of aryl methyl sites for hydroxylation is 1. The molecule has 0 spiro atoms. The van der Waals surface area contributed by atoms with Crippen LogP contribution in [0.2, 0.25) is 0 Å². The van der Waals surface area contributed by atoms with E-state index in [-0.39, 0.29) is 29.6 Å². The van der Waals surface area contributed by atoms with Crippen LogP contribution in [0.15, 0.2) is 28.8 Å². The molecule has 5 nitrogen and oxygen atoms in total. The number of nitrogens with zero attached hydrogens (tertiary/aromatic N) is 2. The molecule has 3 rings (SSSR count). The summed E-state index contributed by atoms with van der Waals surface area (Å²) in [5, 5.41) is 7.04. The van der Waals surface area contributed by atoms with Crippen LogP contribution in [-0.2, 0) is 16.6 Å². The van der Waals surface area contributed by atoms with Gasteiger partial charge in [-0.25, -0.2) is 4.39 Å². The highest BCUT2D eigenvalue weighted by atomic mass is 19.1. The smallest absolute Gasteiger partial charge is 0.227 e. The van der Waals surface area contributed by atoms with Crippen LogP contribution in [0, 0.1) is 11.7 Å². The Balaban J connectivity index is 1.57. The van der Waals surface area contributed by atoms with Crippen molar-refractivity contribution in [3.05, 3.63) is 47.4 Å². The van der Waals surface area contributed by atoms with Gasteiger partial charge in [0, 0.05) is 18.3 Å². The molecular weight excluding hydrogens is 321 g/mol. The molecule has 1 heterocycles. The highest BCUT2D eigenvalue weighted by Crippen LogP contribution is 2.41. The van der Waals surface area contributed by atoms with Gasteiger partial charge in [0.05, 0.1) is 6.04 Å². The van der Waals surface area contributed by atoms with Crippen molar-refractivity contribution in [2.24, 2.45) is 5.92 Å². The Bertz CT molecular complexity index is 730. The van der Waals surface area contributed by atoms with Gasteiger partial charge in [-0.05, 0) is 36.5 Å². The monoisotopic (exact) mass is 345 g/mol. The number of benzene rings is 1. The molecule has 134 valence electrons. The van der Waals surface area contributed by atoms with Crippen LogP contribution >= 0.6 is 0 Å². The van der Waals surface area contributed by atoms with Crippen molar-refractivity contribution in [2.45, 2.75) is 57.9 Å². The van der Waals surface area contributed by atoms with Crippen molar-refractivity contribution in [3.63, 3.8) is 0 Å². The van der Waals surface area contributed by atoms with Crippen LogP contribution in [0.25, 0.3) is 0 Å². The maximum absolute atomic E-state index is 13.1. The summed E-state index contributed by atoms with van der Waals surface area (Å²) < 4.78 is 18.3. The van der Waals surface area contributed by atoms with Gasteiger partial charge >= 0.3 is 0 Å². The van der Waals surface area contributed by atoms with E-state index in [1.165, 1.54) is 12.1 Å². The molecular formula is C19H24FN3O2. The lowest BCUT2D eigenvalue weighted by atomic mass is 9.96. The SMILES string of the molecule is CC(C)(C)c1noc(CCC(=O)NC(c2ccc(F)cc2)C2CC2)n1. The van der Waals surface area contributed by atoms with Crippen LogP contribution in [0.1, 0.15) is 63.4 Å². The van der Waals surface area contributed by atoms with Gasteiger partial charge in [-0.15, -0.1) is 0 Å². The van der Waals surface area contributed by atoms with Crippen molar-refractivity contribution in [1.29, 1.82) is 0 Å². The summed E-state index contributed by atoms with van der Waals surface area (Å²) in [6.07, 6.45) is 2.87. The van der Waals surface area contributed by atoms with E-state index in [4.69, 9.17) is 4.52 Å². The van der Waals surface area contributed by atoms with E-state index in [0.29, 0.717) is 24.1 Å². The minimum atomic E-state index is -0.268. The number of carbonyl (C=O) groups excluding carboxylic acids is 1. The molecule has 0 bridgehead atoms. The van der Waals surface area contributed by atoms with Crippen LogP contribution in [-0.4, -0.2) is 16.0 Å². The van der Waals surface area contributed by atoms with Gasteiger partial charge in [0.1, 0.15) is 5.82 Å². The zero-order chi connectivity index (χ0) is 18.0. The second kappa shape index (κ2) is 6.94. The molecule has 1 aliphatic rings. The second-order valence-electron chi connectivity index (χ2n) is 7.70. The van der Waals surface area contributed by atoms with Crippen LogP contribution in [0.4, 0.5) is 4.39 Å². The summed E-state index contributed by atoms with van der Waals surface area (Å²) in [5.74, 6) is 1.23. The molecule has 1 amide bonds. The topological polar surface area (TPSA) is 68.0 Å². The first-order chi connectivity index (χ1) is 11.8. The van der Waals surface area contributed by atoms with E-state index in [9.17, 15) is 9.18 Å². The van der Waals surface area contributed by atoms with Gasteiger partial charge in [0.15, 0.2) is 5.82 Å². The van der Waals surface area contributed by atoms with Crippen molar-refractivity contribution in [1.82, 2.24) is 15.5 Å². The van der Waals surface area contributed by atoms with Gasteiger partial charge in [0.25, 0.3) is 0 Å². The molecule has 0 saturated heterocycles. The normalized spacial score (nSPS) is 15.8. The Morgan fingerprint density at radius 2 is 2.00 bits per heavy atom. The summed E-state index contributed by atoms with van der Waals surface area (Å²) in [4.78, 5) is 16.7. The highest BCUT2D eigenvalue weighted by Gasteiger charge is 2.33. The van der Waals surface area contributed by atoms with E-state index in [2.05, 4.69) is 15.5 Å².